The lowest BCUT2D eigenvalue weighted by Gasteiger charge is -2.40. The second kappa shape index (κ2) is 5.80. The third kappa shape index (κ3) is 4.77. The Morgan fingerprint density at radius 3 is 2.32 bits per heavy atom. The molecular weight excluding hydrogens is 240 g/mol. The molecule has 0 aromatic heterocycles. The predicted octanol–water partition coefficient (Wildman–Crippen LogP) is 1.95. The zero-order valence-electron chi connectivity index (χ0n) is 12.9. The summed E-state index contributed by atoms with van der Waals surface area (Å²) in [6, 6.07) is 0. The van der Waals surface area contributed by atoms with Crippen molar-refractivity contribution in [1.29, 1.82) is 0 Å². The van der Waals surface area contributed by atoms with E-state index < -0.39 is 11.1 Å². The molecule has 1 atom stereocenters. The lowest BCUT2D eigenvalue weighted by atomic mass is 9.71. The SMILES string of the molecule is CCCC(C)(N)C(=O)NCC1(O)CCC(C)(C)CC1. The third-order valence-corrected chi connectivity index (χ3v) is 4.40. The molecule has 0 saturated heterocycles. The zero-order chi connectivity index (χ0) is 14.7. The summed E-state index contributed by atoms with van der Waals surface area (Å²) >= 11 is 0. The van der Waals surface area contributed by atoms with Crippen LogP contribution in [0.1, 0.15) is 66.2 Å². The Morgan fingerprint density at radius 1 is 1.32 bits per heavy atom. The lowest BCUT2D eigenvalue weighted by molar-refractivity contribution is -0.128. The summed E-state index contributed by atoms with van der Waals surface area (Å²) in [6.45, 7) is 8.53. The van der Waals surface area contributed by atoms with Crippen molar-refractivity contribution in [2.24, 2.45) is 11.1 Å². The standard InChI is InChI=1S/C15H30N2O2/c1-5-6-14(4,16)12(18)17-11-15(19)9-7-13(2,3)8-10-15/h19H,5-11,16H2,1-4H3,(H,17,18). The van der Waals surface area contributed by atoms with Gasteiger partial charge in [0, 0.05) is 6.54 Å². The topological polar surface area (TPSA) is 75.4 Å². The minimum Gasteiger partial charge on any atom is -0.388 e. The van der Waals surface area contributed by atoms with Gasteiger partial charge in [-0.3, -0.25) is 4.79 Å². The van der Waals surface area contributed by atoms with Crippen LogP contribution in [0.15, 0.2) is 0 Å². The van der Waals surface area contributed by atoms with E-state index in [2.05, 4.69) is 19.2 Å². The monoisotopic (exact) mass is 270 g/mol. The molecular formula is C15H30N2O2. The molecule has 0 aromatic rings. The van der Waals surface area contributed by atoms with E-state index in [0.29, 0.717) is 18.4 Å². The first kappa shape index (κ1) is 16.4. The number of carbonyl (C=O) groups excluding carboxylic acids is 1. The molecule has 0 aromatic carbocycles. The summed E-state index contributed by atoms with van der Waals surface area (Å²) < 4.78 is 0. The van der Waals surface area contributed by atoms with Crippen LogP contribution in [0.3, 0.4) is 0 Å². The summed E-state index contributed by atoms with van der Waals surface area (Å²) in [4.78, 5) is 12.0. The van der Waals surface area contributed by atoms with Crippen LogP contribution < -0.4 is 11.1 Å². The molecule has 0 radical (unpaired) electrons. The number of nitrogens with one attached hydrogen (secondary N) is 1. The number of carbonyl (C=O) groups is 1. The van der Waals surface area contributed by atoms with Crippen molar-refractivity contribution >= 4 is 5.91 Å². The van der Waals surface area contributed by atoms with Crippen molar-refractivity contribution in [3.05, 3.63) is 0 Å². The average molecular weight is 270 g/mol. The number of rotatable bonds is 5. The number of nitrogens with two attached hydrogens (primary N) is 1. The van der Waals surface area contributed by atoms with E-state index in [1.807, 2.05) is 6.92 Å². The fourth-order valence-corrected chi connectivity index (χ4v) is 2.65. The Bertz CT molecular complexity index is 314. The van der Waals surface area contributed by atoms with Crippen molar-refractivity contribution in [3.63, 3.8) is 0 Å². The maximum Gasteiger partial charge on any atom is 0.239 e. The molecule has 1 unspecified atom stereocenters. The Balaban J connectivity index is 2.46. The summed E-state index contributed by atoms with van der Waals surface area (Å²) in [6.07, 6.45) is 5.01. The smallest absolute Gasteiger partial charge is 0.239 e. The van der Waals surface area contributed by atoms with Crippen LogP contribution in [-0.4, -0.2) is 28.7 Å². The molecule has 0 heterocycles. The molecule has 0 spiro atoms. The minimum atomic E-state index is -0.834. The zero-order valence-corrected chi connectivity index (χ0v) is 12.9. The van der Waals surface area contributed by atoms with Crippen LogP contribution in [0.25, 0.3) is 0 Å². The van der Waals surface area contributed by atoms with Crippen molar-refractivity contribution in [3.8, 4) is 0 Å². The van der Waals surface area contributed by atoms with E-state index in [4.69, 9.17) is 5.73 Å². The molecule has 1 rings (SSSR count). The van der Waals surface area contributed by atoms with Crippen molar-refractivity contribution in [2.45, 2.75) is 77.4 Å². The van der Waals surface area contributed by atoms with Gasteiger partial charge in [-0.15, -0.1) is 0 Å². The van der Waals surface area contributed by atoms with E-state index in [1.54, 1.807) is 6.92 Å². The molecule has 112 valence electrons. The second-order valence-corrected chi connectivity index (χ2v) is 7.24. The first-order valence-electron chi connectivity index (χ1n) is 7.40. The number of hydrogen-bond acceptors (Lipinski definition) is 3. The average Bonchev–Trinajstić information content (AvgIpc) is 2.31. The highest BCUT2D eigenvalue weighted by atomic mass is 16.3. The first-order valence-corrected chi connectivity index (χ1v) is 7.40. The summed E-state index contributed by atoms with van der Waals surface area (Å²) in [5, 5.41) is 13.3. The molecule has 1 aliphatic carbocycles. The Morgan fingerprint density at radius 2 is 1.84 bits per heavy atom. The van der Waals surface area contributed by atoms with Gasteiger partial charge in [0.1, 0.15) is 0 Å². The number of amides is 1. The van der Waals surface area contributed by atoms with Gasteiger partial charge in [0.05, 0.1) is 11.1 Å². The molecule has 0 bridgehead atoms. The maximum absolute atomic E-state index is 12.0. The molecule has 4 heteroatoms. The maximum atomic E-state index is 12.0. The molecule has 4 N–H and O–H groups in total. The van der Waals surface area contributed by atoms with E-state index in [1.165, 1.54) is 0 Å². The Kier molecular flexibility index (Phi) is 5.02. The second-order valence-electron chi connectivity index (χ2n) is 7.24. The first-order chi connectivity index (χ1) is 8.60. The lowest BCUT2D eigenvalue weighted by Crippen LogP contribution is -2.55. The highest BCUT2D eigenvalue weighted by Gasteiger charge is 2.37. The largest absolute Gasteiger partial charge is 0.388 e. The van der Waals surface area contributed by atoms with Gasteiger partial charge in [0.2, 0.25) is 5.91 Å². The molecule has 0 aliphatic heterocycles. The van der Waals surface area contributed by atoms with E-state index in [0.717, 1.165) is 32.1 Å². The summed E-state index contributed by atoms with van der Waals surface area (Å²) in [5.74, 6) is -0.160. The molecule has 1 saturated carbocycles. The summed E-state index contributed by atoms with van der Waals surface area (Å²) in [5.41, 5.74) is 4.69. The van der Waals surface area contributed by atoms with Gasteiger partial charge < -0.3 is 16.2 Å². The van der Waals surface area contributed by atoms with Gasteiger partial charge in [0.15, 0.2) is 0 Å². The molecule has 1 amide bonds. The molecule has 19 heavy (non-hydrogen) atoms. The predicted molar refractivity (Wildman–Crippen MR) is 77.7 cm³/mol. The van der Waals surface area contributed by atoms with Crippen molar-refractivity contribution in [2.75, 3.05) is 6.54 Å². The van der Waals surface area contributed by atoms with E-state index in [9.17, 15) is 9.90 Å². The minimum absolute atomic E-state index is 0.160. The van der Waals surface area contributed by atoms with Gasteiger partial charge in [-0.25, -0.2) is 0 Å². The highest BCUT2D eigenvalue weighted by molar-refractivity contribution is 5.85. The van der Waals surface area contributed by atoms with Crippen LogP contribution in [0.4, 0.5) is 0 Å². The van der Waals surface area contributed by atoms with Crippen LogP contribution in [0.5, 0.6) is 0 Å². The number of aliphatic hydroxyl groups is 1. The fourth-order valence-electron chi connectivity index (χ4n) is 2.65. The van der Waals surface area contributed by atoms with Gasteiger partial charge in [0.25, 0.3) is 0 Å². The van der Waals surface area contributed by atoms with Crippen LogP contribution in [0, 0.1) is 5.41 Å². The van der Waals surface area contributed by atoms with Crippen LogP contribution >= 0.6 is 0 Å². The highest BCUT2D eigenvalue weighted by Crippen LogP contribution is 2.39. The van der Waals surface area contributed by atoms with Gasteiger partial charge in [-0.2, -0.15) is 0 Å². The van der Waals surface area contributed by atoms with Gasteiger partial charge in [-0.1, -0.05) is 27.2 Å². The van der Waals surface area contributed by atoms with Crippen LogP contribution in [0.2, 0.25) is 0 Å². The van der Waals surface area contributed by atoms with Gasteiger partial charge in [-0.05, 0) is 44.4 Å². The Labute approximate surface area is 117 Å². The van der Waals surface area contributed by atoms with E-state index in [-0.39, 0.29) is 5.91 Å². The third-order valence-electron chi connectivity index (χ3n) is 4.40. The molecule has 4 nitrogen and oxygen atoms in total. The van der Waals surface area contributed by atoms with Gasteiger partial charge >= 0.3 is 0 Å². The van der Waals surface area contributed by atoms with E-state index >= 15 is 0 Å². The molecule has 1 fully saturated rings. The summed E-state index contributed by atoms with van der Waals surface area (Å²) in [7, 11) is 0. The quantitative estimate of drug-likeness (QED) is 0.715. The Hall–Kier alpha value is -0.610. The molecule has 1 aliphatic rings. The fraction of sp³-hybridized carbons (Fsp3) is 0.933. The van der Waals surface area contributed by atoms with Crippen molar-refractivity contribution < 1.29 is 9.90 Å². The normalized spacial score (nSPS) is 24.5. The van der Waals surface area contributed by atoms with Crippen LogP contribution in [-0.2, 0) is 4.79 Å². The number of hydrogen-bond donors (Lipinski definition) is 3. The van der Waals surface area contributed by atoms with Crippen molar-refractivity contribution in [1.82, 2.24) is 5.32 Å².